The van der Waals surface area contributed by atoms with Gasteiger partial charge in [-0.2, -0.15) is 5.48 Å². The second kappa shape index (κ2) is 2.50. The van der Waals surface area contributed by atoms with Crippen LogP contribution in [0.2, 0.25) is 0 Å². The van der Waals surface area contributed by atoms with Gasteiger partial charge in [-0.05, 0) is 6.08 Å². The summed E-state index contributed by atoms with van der Waals surface area (Å²) in [6, 6.07) is 0. The van der Waals surface area contributed by atoms with Crippen LogP contribution in [0.15, 0.2) is 12.3 Å². The summed E-state index contributed by atoms with van der Waals surface area (Å²) >= 11 is 0. The normalized spacial score (nSPS) is 25.0. The Morgan fingerprint density at radius 1 is 1.89 bits per heavy atom. The van der Waals surface area contributed by atoms with E-state index in [2.05, 4.69) is 10.3 Å². The lowest BCUT2D eigenvalue weighted by molar-refractivity contribution is -0.135. The summed E-state index contributed by atoms with van der Waals surface area (Å²) in [5.74, 6) is -0.751. The first kappa shape index (κ1) is 6.10. The fourth-order valence-electron chi connectivity index (χ4n) is 0.533. The van der Waals surface area contributed by atoms with Crippen LogP contribution in [0.1, 0.15) is 0 Å². The highest BCUT2D eigenvalue weighted by Gasteiger charge is 2.16. The molecule has 1 atom stereocenters. The maximum Gasteiger partial charge on any atom is 0.261 e. The summed E-state index contributed by atoms with van der Waals surface area (Å²) in [6.45, 7) is -0.175. The molecule has 1 rings (SSSR count). The molecular formula is C5H7NO3. The van der Waals surface area contributed by atoms with Crippen molar-refractivity contribution in [1.82, 2.24) is 5.48 Å². The van der Waals surface area contributed by atoms with Crippen molar-refractivity contribution in [2.24, 2.45) is 5.92 Å². The molecule has 4 nitrogen and oxygen atoms in total. The molecule has 1 amide bonds. The van der Waals surface area contributed by atoms with Crippen LogP contribution in [-0.4, -0.2) is 17.6 Å². The molecule has 0 spiro atoms. The van der Waals surface area contributed by atoms with Gasteiger partial charge in [0.25, 0.3) is 5.91 Å². The quantitative estimate of drug-likeness (QED) is 0.485. The molecule has 0 aromatic rings. The van der Waals surface area contributed by atoms with Gasteiger partial charge in [0.2, 0.25) is 0 Å². The number of aliphatic hydroxyl groups is 1. The fraction of sp³-hybridized carbons (Fsp3) is 0.400. The Labute approximate surface area is 52.1 Å². The lowest BCUT2D eigenvalue weighted by atomic mass is 10.1. The van der Waals surface area contributed by atoms with Crippen molar-refractivity contribution < 1.29 is 14.7 Å². The molecule has 0 saturated heterocycles. The number of rotatable bonds is 1. The van der Waals surface area contributed by atoms with Gasteiger partial charge >= 0.3 is 0 Å². The van der Waals surface area contributed by atoms with Gasteiger partial charge in [-0.1, -0.05) is 0 Å². The summed E-state index contributed by atoms with van der Waals surface area (Å²) < 4.78 is 0. The molecule has 0 radical (unpaired) electrons. The monoisotopic (exact) mass is 129 g/mol. The second-order valence-corrected chi connectivity index (χ2v) is 1.70. The molecule has 0 saturated carbocycles. The highest BCUT2D eigenvalue weighted by Crippen LogP contribution is 2.01. The molecule has 1 heterocycles. The minimum Gasteiger partial charge on any atom is -0.395 e. The van der Waals surface area contributed by atoms with Crippen LogP contribution in [-0.2, 0) is 9.63 Å². The van der Waals surface area contributed by atoms with Crippen molar-refractivity contribution in [3.05, 3.63) is 12.3 Å². The van der Waals surface area contributed by atoms with E-state index in [9.17, 15) is 4.79 Å². The molecule has 4 heteroatoms. The van der Waals surface area contributed by atoms with Gasteiger partial charge in [-0.15, -0.1) is 0 Å². The largest absolute Gasteiger partial charge is 0.395 e. The molecule has 0 fully saturated rings. The third kappa shape index (κ3) is 1.20. The zero-order valence-electron chi connectivity index (χ0n) is 4.70. The number of hydroxylamine groups is 1. The van der Waals surface area contributed by atoms with Crippen molar-refractivity contribution in [3.63, 3.8) is 0 Å². The second-order valence-electron chi connectivity index (χ2n) is 1.70. The SMILES string of the molecule is O=C1NOC=CC1CO. The topological polar surface area (TPSA) is 58.6 Å². The zero-order chi connectivity index (χ0) is 6.69. The van der Waals surface area contributed by atoms with Crippen LogP contribution in [0.25, 0.3) is 0 Å². The Kier molecular flexibility index (Phi) is 1.69. The van der Waals surface area contributed by atoms with Gasteiger partial charge in [-0.3, -0.25) is 4.79 Å². The standard InChI is InChI=1S/C5H7NO3/c7-3-4-1-2-9-6-5(4)8/h1-2,4,7H,3H2,(H,6,8). The molecular weight excluding hydrogens is 122 g/mol. The van der Waals surface area contributed by atoms with Crippen LogP contribution in [0.4, 0.5) is 0 Å². The highest BCUT2D eigenvalue weighted by molar-refractivity contribution is 5.80. The molecule has 2 N–H and O–H groups in total. The van der Waals surface area contributed by atoms with Gasteiger partial charge in [0.05, 0.1) is 12.5 Å². The van der Waals surface area contributed by atoms with E-state index < -0.39 is 5.92 Å². The number of hydrogen-bond donors (Lipinski definition) is 2. The molecule has 0 aliphatic carbocycles. The van der Waals surface area contributed by atoms with Gasteiger partial charge in [0, 0.05) is 0 Å². The molecule has 1 aliphatic rings. The third-order valence-electron chi connectivity index (χ3n) is 1.07. The fourth-order valence-corrected chi connectivity index (χ4v) is 0.533. The van der Waals surface area contributed by atoms with Crippen molar-refractivity contribution in [1.29, 1.82) is 0 Å². The predicted octanol–water partition coefficient (Wildman–Crippen LogP) is -0.830. The number of nitrogens with one attached hydrogen (secondary N) is 1. The number of amides is 1. The van der Waals surface area contributed by atoms with E-state index in [1.807, 2.05) is 0 Å². The predicted molar refractivity (Wildman–Crippen MR) is 28.9 cm³/mol. The molecule has 9 heavy (non-hydrogen) atoms. The lowest BCUT2D eigenvalue weighted by Crippen LogP contribution is -2.33. The molecule has 0 bridgehead atoms. The average molecular weight is 129 g/mol. The summed E-state index contributed by atoms with van der Waals surface area (Å²) in [5.41, 5.74) is 2.10. The van der Waals surface area contributed by atoms with Crippen LogP contribution < -0.4 is 5.48 Å². The average Bonchev–Trinajstić information content (AvgIpc) is 1.89. The number of hydrogen-bond acceptors (Lipinski definition) is 3. The van der Waals surface area contributed by atoms with E-state index in [1.165, 1.54) is 12.3 Å². The van der Waals surface area contributed by atoms with E-state index in [4.69, 9.17) is 5.11 Å². The van der Waals surface area contributed by atoms with Crippen molar-refractivity contribution >= 4 is 5.91 Å². The molecule has 0 aromatic carbocycles. The maximum absolute atomic E-state index is 10.6. The number of aliphatic hydroxyl groups excluding tert-OH is 1. The van der Waals surface area contributed by atoms with Gasteiger partial charge in [0.1, 0.15) is 6.26 Å². The van der Waals surface area contributed by atoms with Crippen LogP contribution >= 0.6 is 0 Å². The first-order valence-corrected chi connectivity index (χ1v) is 2.57. The summed E-state index contributed by atoms with van der Waals surface area (Å²) in [4.78, 5) is 15.0. The Hall–Kier alpha value is -1.03. The van der Waals surface area contributed by atoms with Gasteiger partial charge in [0.15, 0.2) is 0 Å². The summed E-state index contributed by atoms with van der Waals surface area (Å²) in [7, 11) is 0. The Balaban J connectivity index is 2.57. The van der Waals surface area contributed by atoms with Crippen molar-refractivity contribution in [2.45, 2.75) is 0 Å². The van der Waals surface area contributed by atoms with Crippen LogP contribution in [0.5, 0.6) is 0 Å². The van der Waals surface area contributed by atoms with E-state index in [0.717, 1.165) is 0 Å². The Morgan fingerprint density at radius 2 is 2.67 bits per heavy atom. The summed E-state index contributed by atoms with van der Waals surface area (Å²) in [6.07, 6.45) is 2.83. The molecule has 1 unspecified atom stereocenters. The molecule has 0 aromatic heterocycles. The maximum atomic E-state index is 10.6. The Bertz CT molecular complexity index is 143. The smallest absolute Gasteiger partial charge is 0.261 e. The minimum absolute atomic E-state index is 0.175. The Morgan fingerprint density at radius 3 is 3.11 bits per heavy atom. The van der Waals surface area contributed by atoms with E-state index in [-0.39, 0.29) is 12.5 Å². The van der Waals surface area contributed by atoms with Crippen LogP contribution in [0.3, 0.4) is 0 Å². The van der Waals surface area contributed by atoms with Gasteiger partial charge in [-0.25, -0.2) is 0 Å². The highest BCUT2D eigenvalue weighted by atomic mass is 16.6. The first-order chi connectivity index (χ1) is 4.34. The van der Waals surface area contributed by atoms with Gasteiger partial charge < -0.3 is 9.94 Å². The van der Waals surface area contributed by atoms with Crippen molar-refractivity contribution in [3.8, 4) is 0 Å². The zero-order valence-corrected chi connectivity index (χ0v) is 4.70. The van der Waals surface area contributed by atoms with E-state index in [0.29, 0.717) is 0 Å². The van der Waals surface area contributed by atoms with E-state index >= 15 is 0 Å². The number of carbonyl (C=O) groups is 1. The first-order valence-electron chi connectivity index (χ1n) is 2.57. The summed E-state index contributed by atoms with van der Waals surface area (Å²) in [5, 5.41) is 8.49. The van der Waals surface area contributed by atoms with Crippen LogP contribution in [0, 0.1) is 5.92 Å². The van der Waals surface area contributed by atoms with E-state index in [1.54, 1.807) is 0 Å². The molecule has 1 aliphatic heterocycles. The lowest BCUT2D eigenvalue weighted by Gasteiger charge is -2.13. The number of carbonyl (C=O) groups excluding carboxylic acids is 1. The molecule has 50 valence electrons. The third-order valence-corrected chi connectivity index (χ3v) is 1.07. The van der Waals surface area contributed by atoms with Crippen molar-refractivity contribution in [2.75, 3.05) is 6.61 Å². The minimum atomic E-state index is -0.446.